The molecule has 2 heterocycles. The normalized spacial score (nSPS) is 21.9. The Balaban J connectivity index is 1.49. The van der Waals surface area contributed by atoms with Crippen LogP contribution in [0.15, 0.2) is 4.52 Å². The third kappa shape index (κ3) is 3.04. The molecule has 0 amide bonds. The van der Waals surface area contributed by atoms with Crippen molar-refractivity contribution in [2.24, 2.45) is 0 Å². The van der Waals surface area contributed by atoms with Gasteiger partial charge in [0.15, 0.2) is 5.82 Å². The number of hydrogen-bond donors (Lipinski definition) is 1. The predicted octanol–water partition coefficient (Wildman–Crippen LogP) is 1.26. The van der Waals surface area contributed by atoms with Crippen LogP contribution in [0.5, 0.6) is 0 Å². The van der Waals surface area contributed by atoms with Gasteiger partial charge in [-0.1, -0.05) is 5.16 Å². The minimum atomic E-state index is 0.428. The van der Waals surface area contributed by atoms with E-state index >= 15 is 0 Å². The van der Waals surface area contributed by atoms with Crippen LogP contribution in [0.3, 0.4) is 0 Å². The second-order valence-electron chi connectivity index (χ2n) is 4.91. The molecule has 1 saturated carbocycles. The fourth-order valence-corrected chi connectivity index (χ4v) is 2.16. The van der Waals surface area contributed by atoms with Gasteiger partial charge in [0.2, 0.25) is 5.89 Å². The Bertz CT molecular complexity index is 356. The van der Waals surface area contributed by atoms with Crippen molar-refractivity contribution < 1.29 is 9.26 Å². The summed E-state index contributed by atoms with van der Waals surface area (Å²) in [6.07, 6.45) is 5.50. The van der Waals surface area contributed by atoms with Crippen LogP contribution >= 0.6 is 0 Å². The van der Waals surface area contributed by atoms with E-state index in [9.17, 15) is 0 Å². The van der Waals surface area contributed by atoms with Gasteiger partial charge in [-0.3, -0.25) is 0 Å². The zero-order chi connectivity index (χ0) is 11.5. The van der Waals surface area contributed by atoms with Crippen molar-refractivity contribution >= 4 is 0 Å². The lowest BCUT2D eigenvalue weighted by Crippen LogP contribution is -2.19. The molecule has 2 aliphatic rings. The summed E-state index contributed by atoms with van der Waals surface area (Å²) < 4.78 is 10.6. The van der Waals surface area contributed by atoms with Crippen molar-refractivity contribution in [1.82, 2.24) is 15.5 Å². The maximum absolute atomic E-state index is 5.33. The fourth-order valence-electron chi connectivity index (χ4n) is 2.16. The van der Waals surface area contributed by atoms with E-state index in [4.69, 9.17) is 9.26 Å². The lowest BCUT2D eigenvalue weighted by molar-refractivity contribution is 0.0830. The molecule has 1 aliphatic carbocycles. The first-order chi connectivity index (χ1) is 8.42. The van der Waals surface area contributed by atoms with Crippen LogP contribution in [-0.4, -0.2) is 35.9 Å². The largest absolute Gasteiger partial charge is 0.381 e. The number of ether oxygens (including phenoxy) is 1. The Morgan fingerprint density at radius 1 is 1.18 bits per heavy atom. The lowest BCUT2D eigenvalue weighted by atomic mass is 10.00. The van der Waals surface area contributed by atoms with E-state index in [1.807, 2.05) is 0 Å². The van der Waals surface area contributed by atoms with E-state index in [0.29, 0.717) is 5.92 Å². The molecule has 1 saturated heterocycles. The molecular formula is C12H19N3O2. The number of rotatable bonds is 5. The number of nitrogens with one attached hydrogen (secondary N) is 1. The maximum Gasteiger partial charge on any atom is 0.227 e. The van der Waals surface area contributed by atoms with Crippen LogP contribution in [0.1, 0.15) is 43.3 Å². The van der Waals surface area contributed by atoms with Crippen LogP contribution in [-0.2, 0) is 11.2 Å². The zero-order valence-electron chi connectivity index (χ0n) is 10.0. The van der Waals surface area contributed by atoms with Crippen LogP contribution in [0.4, 0.5) is 0 Å². The second-order valence-corrected chi connectivity index (χ2v) is 4.91. The van der Waals surface area contributed by atoms with Gasteiger partial charge < -0.3 is 14.6 Å². The van der Waals surface area contributed by atoms with Crippen molar-refractivity contribution in [2.45, 2.75) is 44.1 Å². The highest BCUT2D eigenvalue weighted by Crippen LogP contribution is 2.24. The molecule has 1 aromatic heterocycles. The Kier molecular flexibility index (Phi) is 3.38. The average Bonchev–Trinajstić information content (AvgIpc) is 3.07. The van der Waals surface area contributed by atoms with Gasteiger partial charge in [-0.25, -0.2) is 0 Å². The SMILES string of the molecule is C(Cc1nc(C2CCOCC2)no1)NC1CC1. The summed E-state index contributed by atoms with van der Waals surface area (Å²) in [5, 5.41) is 7.53. The first-order valence-electron chi connectivity index (χ1n) is 6.55. The summed E-state index contributed by atoms with van der Waals surface area (Å²) in [7, 11) is 0. The van der Waals surface area contributed by atoms with Gasteiger partial charge in [0.25, 0.3) is 0 Å². The summed E-state index contributed by atoms with van der Waals surface area (Å²) in [5.41, 5.74) is 0. The highest BCUT2D eigenvalue weighted by atomic mass is 16.5. The van der Waals surface area contributed by atoms with Crippen LogP contribution < -0.4 is 5.32 Å². The average molecular weight is 237 g/mol. The van der Waals surface area contributed by atoms with Gasteiger partial charge in [0.05, 0.1) is 0 Å². The summed E-state index contributed by atoms with van der Waals surface area (Å²) in [6, 6.07) is 0.743. The molecule has 1 aliphatic heterocycles. The number of nitrogens with zero attached hydrogens (tertiary/aromatic N) is 2. The van der Waals surface area contributed by atoms with Gasteiger partial charge in [-0.2, -0.15) is 4.98 Å². The minimum Gasteiger partial charge on any atom is -0.381 e. The van der Waals surface area contributed by atoms with E-state index in [-0.39, 0.29) is 0 Å². The Morgan fingerprint density at radius 3 is 2.76 bits per heavy atom. The van der Waals surface area contributed by atoms with Crippen LogP contribution in [0.2, 0.25) is 0 Å². The predicted molar refractivity (Wildman–Crippen MR) is 61.8 cm³/mol. The quantitative estimate of drug-likeness (QED) is 0.835. The van der Waals surface area contributed by atoms with E-state index in [1.54, 1.807) is 0 Å². The molecule has 0 atom stereocenters. The molecule has 0 radical (unpaired) electrons. The van der Waals surface area contributed by atoms with E-state index < -0.39 is 0 Å². The molecule has 2 fully saturated rings. The Morgan fingerprint density at radius 2 is 2.00 bits per heavy atom. The van der Waals surface area contributed by atoms with E-state index in [0.717, 1.165) is 56.8 Å². The number of hydrogen-bond acceptors (Lipinski definition) is 5. The van der Waals surface area contributed by atoms with Gasteiger partial charge in [0, 0.05) is 38.1 Å². The Labute approximate surface area is 101 Å². The topological polar surface area (TPSA) is 60.2 Å². The van der Waals surface area contributed by atoms with Crippen molar-refractivity contribution in [1.29, 1.82) is 0 Å². The molecule has 94 valence electrons. The van der Waals surface area contributed by atoms with Gasteiger partial charge in [-0.15, -0.1) is 0 Å². The van der Waals surface area contributed by atoms with E-state index in [1.165, 1.54) is 12.8 Å². The fraction of sp³-hybridized carbons (Fsp3) is 0.833. The molecule has 0 aromatic carbocycles. The van der Waals surface area contributed by atoms with Crippen LogP contribution in [0, 0.1) is 0 Å². The van der Waals surface area contributed by atoms with Crippen LogP contribution in [0.25, 0.3) is 0 Å². The molecule has 5 heteroatoms. The monoisotopic (exact) mass is 237 g/mol. The highest BCUT2D eigenvalue weighted by Gasteiger charge is 2.22. The van der Waals surface area contributed by atoms with Crippen molar-refractivity contribution in [3.63, 3.8) is 0 Å². The van der Waals surface area contributed by atoms with Gasteiger partial charge in [0.1, 0.15) is 0 Å². The first kappa shape index (κ1) is 11.2. The molecule has 1 N–H and O–H groups in total. The summed E-state index contributed by atoms with van der Waals surface area (Å²) in [6.45, 7) is 2.58. The molecule has 3 rings (SSSR count). The molecule has 1 aromatic rings. The molecule has 5 nitrogen and oxygen atoms in total. The lowest BCUT2D eigenvalue weighted by Gasteiger charge is -2.18. The van der Waals surface area contributed by atoms with Crippen molar-refractivity contribution in [2.75, 3.05) is 19.8 Å². The molecule has 0 bridgehead atoms. The smallest absolute Gasteiger partial charge is 0.227 e. The zero-order valence-corrected chi connectivity index (χ0v) is 10.0. The van der Waals surface area contributed by atoms with Crippen molar-refractivity contribution in [3.8, 4) is 0 Å². The van der Waals surface area contributed by atoms with Crippen molar-refractivity contribution in [3.05, 3.63) is 11.7 Å². The number of aromatic nitrogens is 2. The highest BCUT2D eigenvalue weighted by molar-refractivity contribution is 4.97. The molecule has 0 spiro atoms. The molecule has 17 heavy (non-hydrogen) atoms. The third-order valence-corrected chi connectivity index (χ3v) is 3.42. The van der Waals surface area contributed by atoms with Gasteiger partial charge >= 0.3 is 0 Å². The first-order valence-corrected chi connectivity index (χ1v) is 6.55. The third-order valence-electron chi connectivity index (χ3n) is 3.42. The summed E-state index contributed by atoms with van der Waals surface area (Å²) >= 11 is 0. The maximum atomic E-state index is 5.33. The summed E-state index contributed by atoms with van der Waals surface area (Å²) in [5.74, 6) is 2.06. The van der Waals surface area contributed by atoms with E-state index in [2.05, 4.69) is 15.5 Å². The molecule has 0 unspecified atom stereocenters. The second kappa shape index (κ2) is 5.14. The summed E-state index contributed by atoms with van der Waals surface area (Å²) in [4.78, 5) is 4.48. The molecular weight excluding hydrogens is 218 g/mol. The van der Waals surface area contributed by atoms with Gasteiger partial charge in [-0.05, 0) is 25.7 Å². The Hall–Kier alpha value is -0.940. The minimum absolute atomic E-state index is 0.428. The standard InChI is InChI=1S/C12H19N3O2/c1-2-10(1)13-6-3-11-14-12(15-17-11)9-4-7-16-8-5-9/h9-10,13H,1-8H2.